The second kappa shape index (κ2) is 13.3. The van der Waals surface area contributed by atoms with Gasteiger partial charge in [0.2, 0.25) is 21.8 Å². The summed E-state index contributed by atoms with van der Waals surface area (Å²) in [5.74, 6) is 0.420. The smallest absolute Gasteiger partial charge is 0.242 e. The molecule has 0 fully saturated rings. The number of carbonyl (C=O) groups excluding carboxylic acids is 2. The fourth-order valence-corrected chi connectivity index (χ4v) is 4.65. The molecule has 2 aromatic rings. The number of anilines is 1. The Bertz CT molecular complexity index is 1120. The van der Waals surface area contributed by atoms with Crippen LogP contribution in [0.1, 0.15) is 44.7 Å². The number of amides is 2. The van der Waals surface area contributed by atoms with Gasteiger partial charge in [0.1, 0.15) is 11.8 Å². The van der Waals surface area contributed by atoms with Crippen LogP contribution in [0.4, 0.5) is 5.69 Å². The van der Waals surface area contributed by atoms with Crippen LogP contribution in [0, 0.1) is 12.8 Å². The van der Waals surface area contributed by atoms with Gasteiger partial charge >= 0.3 is 0 Å². The SMILES string of the molecule is COc1cccc(N(CCCC(=O)N(Cc2ccc(C)cc2)C(C)C(=O)NCC(C)C)S(C)(=O)=O)c1. The minimum Gasteiger partial charge on any atom is -0.497 e. The van der Waals surface area contributed by atoms with E-state index in [0.717, 1.165) is 17.4 Å². The molecule has 0 aliphatic heterocycles. The van der Waals surface area contributed by atoms with E-state index in [1.54, 1.807) is 36.1 Å². The van der Waals surface area contributed by atoms with E-state index in [1.807, 2.05) is 45.0 Å². The fraction of sp³-hybridized carbons (Fsp3) is 0.481. The van der Waals surface area contributed by atoms with Crippen LogP contribution in [0.5, 0.6) is 5.75 Å². The highest BCUT2D eigenvalue weighted by Crippen LogP contribution is 2.24. The molecule has 2 aromatic carbocycles. The first-order valence-corrected chi connectivity index (χ1v) is 14.0. The van der Waals surface area contributed by atoms with Crippen LogP contribution in [-0.2, 0) is 26.2 Å². The van der Waals surface area contributed by atoms with Crippen LogP contribution in [0.25, 0.3) is 0 Å². The molecule has 2 rings (SSSR count). The number of aryl methyl sites for hydroxylation is 1. The van der Waals surface area contributed by atoms with Gasteiger partial charge in [0.05, 0.1) is 19.1 Å². The zero-order valence-electron chi connectivity index (χ0n) is 22.2. The van der Waals surface area contributed by atoms with E-state index in [-0.39, 0.29) is 24.8 Å². The molecule has 0 aliphatic carbocycles. The average Bonchev–Trinajstić information content (AvgIpc) is 2.83. The quantitative estimate of drug-likeness (QED) is 0.437. The van der Waals surface area contributed by atoms with Crippen molar-refractivity contribution in [2.24, 2.45) is 5.92 Å². The van der Waals surface area contributed by atoms with E-state index < -0.39 is 16.1 Å². The summed E-state index contributed by atoms with van der Waals surface area (Å²) in [6.45, 7) is 8.68. The molecule has 0 heterocycles. The largest absolute Gasteiger partial charge is 0.497 e. The molecule has 1 N–H and O–H groups in total. The molecule has 36 heavy (non-hydrogen) atoms. The first kappa shape index (κ1) is 29.2. The molecule has 0 bridgehead atoms. The van der Waals surface area contributed by atoms with Crippen molar-refractivity contribution in [3.63, 3.8) is 0 Å². The summed E-state index contributed by atoms with van der Waals surface area (Å²) in [5.41, 5.74) is 2.51. The number of sulfonamides is 1. The highest BCUT2D eigenvalue weighted by molar-refractivity contribution is 7.92. The summed E-state index contributed by atoms with van der Waals surface area (Å²) in [4.78, 5) is 27.7. The zero-order valence-corrected chi connectivity index (χ0v) is 23.0. The lowest BCUT2D eigenvalue weighted by atomic mass is 10.1. The molecule has 0 radical (unpaired) electrons. The van der Waals surface area contributed by atoms with Gasteiger partial charge in [-0.25, -0.2) is 8.42 Å². The maximum atomic E-state index is 13.3. The predicted octanol–water partition coefficient (Wildman–Crippen LogP) is 3.74. The molecule has 0 saturated heterocycles. The van der Waals surface area contributed by atoms with Gasteiger partial charge in [-0.1, -0.05) is 49.7 Å². The topological polar surface area (TPSA) is 96.0 Å². The third-order valence-corrected chi connectivity index (χ3v) is 7.01. The monoisotopic (exact) mass is 517 g/mol. The molecule has 0 spiro atoms. The molecule has 198 valence electrons. The van der Waals surface area contributed by atoms with E-state index in [1.165, 1.54) is 11.4 Å². The van der Waals surface area contributed by atoms with Gasteiger partial charge in [-0.05, 0) is 43.9 Å². The first-order chi connectivity index (χ1) is 16.9. The Morgan fingerprint density at radius 3 is 2.31 bits per heavy atom. The molecule has 1 atom stereocenters. The van der Waals surface area contributed by atoms with Crippen LogP contribution in [0.15, 0.2) is 48.5 Å². The van der Waals surface area contributed by atoms with Crippen molar-refractivity contribution in [3.05, 3.63) is 59.7 Å². The lowest BCUT2D eigenvalue weighted by Gasteiger charge is -2.29. The maximum absolute atomic E-state index is 13.3. The van der Waals surface area contributed by atoms with Crippen molar-refractivity contribution >= 4 is 27.5 Å². The molecule has 9 heteroatoms. The molecular formula is C27H39N3O5S. The molecule has 0 aliphatic rings. The van der Waals surface area contributed by atoms with Gasteiger partial charge in [-0.3, -0.25) is 13.9 Å². The number of hydrogen-bond acceptors (Lipinski definition) is 5. The van der Waals surface area contributed by atoms with Crippen LogP contribution >= 0.6 is 0 Å². The number of benzene rings is 2. The molecular weight excluding hydrogens is 478 g/mol. The van der Waals surface area contributed by atoms with Gasteiger partial charge in [0, 0.05) is 32.1 Å². The van der Waals surface area contributed by atoms with Crippen molar-refractivity contribution in [3.8, 4) is 5.75 Å². The van der Waals surface area contributed by atoms with Crippen molar-refractivity contribution in [1.82, 2.24) is 10.2 Å². The zero-order chi connectivity index (χ0) is 26.9. The standard InChI is InChI=1S/C27H39N3O5S/c1-20(2)18-28-27(32)22(4)29(19-23-14-12-21(3)13-15-23)26(31)11-8-16-30(36(6,33)34)24-9-7-10-25(17-24)35-5/h7,9-10,12-15,17,20,22H,8,11,16,18-19H2,1-6H3,(H,28,32). The Morgan fingerprint density at radius 2 is 1.72 bits per heavy atom. The summed E-state index contributed by atoms with van der Waals surface area (Å²) < 4.78 is 31.4. The Hall–Kier alpha value is -3.07. The summed E-state index contributed by atoms with van der Waals surface area (Å²) in [5, 5.41) is 2.91. The number of hydrogen-bond donors (Lipinski definition) is 1. The third-order valence-electron chi connectivity index (χ3n) is 5.82. The number of rotatable bonds is 13. The van der Waals surface area contributed by atoms with Crippen LogP contribution in [0.2, 0.25) is 0 Å². The molecule has 2 amide bonds. The Labute approximate surface area is 215 Å². The Kier molecular flexibility index (Phi) is 10.8. The molecule has 0 aromatic heterocycles. The van der Waals surface area contributed by atoms with Gasteiger partial charge in [-0.2, -0.15) is 0 Å². The minimum atomic E-state index is -3.57. The van der Waals surface area contributed by atoms with Crippen molar-refractivity contribution < 1.29 is 22.7 Å². The van der Waals surface area contributed by atoms with Gasteiger partial charge in [0.25, 0.3) is 0 Å². The first-order valence-electron chi connectivity index (χ1n) is 12.2. The summed E-state index contributed by atoms with van der Waals surface area (Å²) in [6, 6.07) is 14.0. The van der Waals surface area contributed by atoms with Gasteiger partial charge < -0.3 is 15.0 Å². The molecule has 8 nitrogen and oxygen atoms in total. The van der Waals surface area contributed by atoms with E-state index in [4.69, 9.17) is 4.74 Å². The fourth-order valence-electron chi connectivity index (χ4n) is 3.69. The average molecular weight is 518 g/mol. The van der Waals surface area contributed by atoms with E-state index >= 15 is 0 Å². The summed E-state index contributed by atoms with van der Waals surface area (Å²) >= 11 is 0. The number of methoxy groups -OCH3 is 1. The molecule has 0 saturated carbocycles. The van der Waals surface area contributed by atoms with Crippen LogP contribution < -0.4 is 14.4 Å². The van der Waals surface area contributed by atoms with Crippen LogP contribution in [-0.4, -0.2) is 57.6 Å². The maximum Gasteiger partial charge on any atom is 0.242 e. The normalized spacial score (nSPS) is 12.2. The van der Waals surface area contributed by atoms with Gasteiger partial charge in [-0.15, -0.1) is 0 Å². The Balaban J connectivity index is 2.16. The Morgan fingerprint density at radius 1 is 1.06 bits per heavy atom. The van der Waals surface area contributed by atoms with Crippen molar-refractivity contribution in [2.75, 3.05) is 30.8 Å². The van der Waals surface area contributed by atoms with E-state index in [2.05, 4.69) is 5.32 Å². The van der Waals surface area contributed by atoms with E-state index in [9.17, 15) is 18.0 Å². The summed E-state index contributed by atoms with van der Waals surface area (Å²) in [6.07, 6.45) is 1.54. The number of nitrogens with zero attached hydrogens (tertiary/aromatic N) is 2. The minimum absolute atomic E-state index is 0.101. The lowest BCUT2D eigenvalue weighted by molar-refractivity contribution is -0.140. The van der Waals surface area contributed by atoms with E-state index in [0.29, 0.717) is 36.9 Å². The summed E-state index contributed by atoms with van der Waals surface area (Å²) in [7, 11) is -2.05. The highest BCUT2D eigenvalue weighted by Gasteiger charge is 2.26. The number of carbonyl (C=O) groups is 2. The molecule has 1 unspecified atom stereocenters. The lowest BCUT2D eigenvalue weighted by Crippen LogP contribution is -2.48. The second-order valence-electron chi connectivity index (χ2n) is 9.46. The van der Waals surface area contributed by atoms with Gasteiger partial charge in [0.15, 0.2) is 0 Å². The van der Waals surface area contributed by atoms with Crippen molar-refractivity contribution in [2.45, 2.75) is 53.1 Å². The second-order valence-corrected chi connectivity index (χ2v) is 11.4. The number of ether oxygens (including phenoxy) is 1. The third kappa shape index (κ3) is 8.86. The van der Waals surface area contributed by atoms with Crippen molar-refractivity contribution in [1.29, 1.82) is 0 Å². The predicted molar refractivity (Wildman–Crippen MR) is 143 cm³/mol. The van der Waals surface area contributed by atoms with Crippen LogP contribution in [0.3, 0.4) is 0 Å². The highest BCUT2D eigenvalue weighted by atomic mass is 32.2. The number of nitrogens with one attached hydrogen (secondary N) is 1.